The number of hydrogen-bond donors (Lipinski definition) is 2. The van der Waals surface area contributed by atoms with E-state index in [4.69, 9.17) is 0 Å². The van der Waals surface area contributed by atoms with Gasteiger partial charge in [-0.1, -0.05) is 13.0 Å². The van der Waals surface area contributed by atoms with Crippen LogP contribution >= 0.6 is 0 Å². The van der Waals surface area contributed by atoms with Gasteiger partial charge in [-0.05, 0) is 43.7 Å². The van der Waals surface area contributed by atoms with E-state index in [2.05, 4.69) is 47.6 Å². The molecule has 1 saturated heterocycles. The molecule has 4 heteroatoms. The van der Waals surface area contributed by atoms with Crippen LogP contribution in [-0.4, -0.2) is 32.1 Å². The topological polar surface area (TPSA) is 44.4 Å². The maximum absolute atomic E-state index is 11.9. The van der Waals surface area contributed by atoms with Crippen molar-refractivity contribution in [3.63, 3.8) is 0 Å². The summed E-state index contributed by atoms with van der Waals surface area (Å²) in [7, 11) is 1.95. The summed E-state index contributed by atoms with van der Waals surface area (Å²) in [6, 6.07) is 6.43. The maximum Gasteiger partial charge on any atom is 0.242 e. The molecule has 1 unspecified atom stereocenters. The summed E-state index contributed by atoms with van der Waals surface area (Å²) >= 11 is 0. The molecule has 0 radical (unpaired) electrons. The second-order valence-corrected chi connectivity index (χ2v) is 5.05. The minimum atomic E-state index is -0.0386. The van der Waals surface area contributed by atoms with Crippen LogP contribution in [-0.2, 0) is 11.3 Å². The Morgan fingerprint density at radius 3 is 2.89 bits per heavy atom. The van der Waals surface area contributed by atoms with E-state index >= 15 is 0 Å². The molecule has 1 fully saturated rings. The van der Waals surface area contributed by atoms with Crippen LogP contribution in [0, 0.1) is 6.92 Å². The van der Waals surface area contributed by atoms with Crippen LogP contribution in [0.4, 0.5) is 5.69 Å². The standard InChI is InChI=1S/C15H23N3O/c1-4-14-15(19)17-7-8-18(14)13-6-5-12(10-16-3)11(2)9-13/h5-6,9,14,16H,4,7-8,10H2,1-3H3,(H,17,19). The lowest BCUT2D eigenvalue weighted by Crippen LogP contribution is -2.55. The van der Waals surface area contributed by atoms with Gasteiger partial charge in [-0.15, -0.1) is 0 Å². The monoisotopic (exact) mass is 261 g/mol. The molecule has 0 aliphatic carbocycles. The third-order valence-corrected chi connectivity index (χ3v) is 3.74. The summed E-state index contributed by atoms with van der Waals surface area (Å²) < 4.78 is 0. The Labute approximate surface area is 115 Å². The summed E-state index contributed by atoms with van der Waals surface area (Å²) in [6.45, 7) is 6.68. The van der Waals surface area contributed by atoms with Gasteiger partial charge < -0.3 is 15.5 Å². The Morgan fingerprint density at radius 2 is 2.26 bits per heavy atom. The van der Waals surface area contributed by atoms with Crippen molar-refractivity contribution >= 4 is 11.6 Å². The molecule has 1 aliphatic rings. The van der Waals surface area contributed by atoms with E-state index in [0.29, 0.717) is 0 Å². The number of carbonyl (C=O) groups excluding carboxylic acids is 1. The van der Waals surface area contributed by atoms with Crippen LogP contribution in [0.1, 0.15) is 24.5 Å². The van der Waals surface area contributed by atoms with Gasteiger partial charge in [-0.3, -0.25) is 4.79 Å². The van der Waals surface area contributed by atoms with Crippen molar-refractivity contribution < 1.29 is 4.79 Å². The normalized spacial score (nSPS) is 19.4. The Balaban J connectivity index is 2.25. The number of benzene rings is 1. The maximum atomic E-state index is 11.9. The van der Waals surface area contributed by atoms with Crippen molar-refractivity contribution in [2.45, 2.75) is 32.9 Å². The Bertz CT molecular complexity index is 459. The van der Waals surface area contributed by atoms with Crippen LogP contribution in [0.2, 0.25) is 0 Å². The average molecular weight is 261 g/mol. The van der Waals surface area contributed by atoms with Crippen molar-refractivity contribution in [3.8, 4) is 0 Å². The van der Waals surface area contributed by atoms with Crippen LogP contribution in [0.25, 0.3) is 0 Å². The highest BCUT2D eigenvalue weighted by atomic mass is 16.2. The van der Waals surface area contributed by atoms with Crippen molar-refractivity contribution in [2.75, 3.05) is 25.0 Å². The lowest BCUT2D eigenvalue weighted by molar-refractivity contribution is -0.123. The molecule has 104 valence electrons. The lowest BCUT2D eigenvalue weighted by atomic mass is 10.0. The molecule has 1 aromatic carbocycles. The number of aryl methyl sites for hydroxylation is 1. The van der Waals surface area contributed by atoms with Gasteiger partial charge in [0.1, 0.15) is 6.04 Å². The van der Waals surface area contributed by atoms with E-state index in [9.17, 15) is 4.79 Å². The second-order valence-electron chi connectivity index (χ2n) is 5.05. The third kappa shape index (κ3) is 2.89. The third-order valence-electron chi connectivity index (χ3n) is 3.74. The molecule has 0 bridgehead atoms. The summed E-state index contributed by atoms with van der Waals surface area (Å²) in [6.07, 6.45) is 0.836. The minimum absolute atomic E-state index is 0.0386. The van der Waals surface area contributed by atoms with Crippen molar-refractivity contribution in [2.24, 2.45) is 0 Å². The highest BCUT2D eigenvalue weighted by Gasteiger charge is 2.28. The Morgan fingerprint density at radius 1 is 1.47 bits per heavy atom. The number of anilines is 1. The van der Waals surface area contributed by atoms with E-state index in [1.807, 2.05) is 7.05 Å². The van der Waals surface area contributed by atoms with Gasteiger partial charge in [-0.25, -0.2) is 0 Å². The fraction of sp³-hybridized carbons (Fsp3) is 0.533. The van der Waals surface area contributed by atoms with E-state index in [0.717, 1.165) is 31.7 Å². The molecule has 0 spiro atoms. The van der Waals surface area contributed by atoms with Gasteiger partial charge in [0.15, 0.2) is 0 Å². The molecule has 0 saturated carbocycles. The SMILES string of the molecule is CCC1C(=O)NCCN1c1ccc(CNC)c(C)c1. The molecule has 19 heavy (non-hydrogen) atoms. The zero-order valence-electron chi connectivity index (χ0n) is 12.0. The zero-order chi connectivity index (χ0) is 13.8. The molecule has 1 atom stereocenters. The number of hydrogen-bond acceptors (Lipinski definition) is 3. The molecule has 1 aliphatic heterocycles. The highest BCUT2D eigenvalue weighted by Crippen LogP contribution is 2.23. The van der Waals surface area contributed by atoms with Crippen molar-refractivity contribution in [3.05, 3.63) is 29.3 Å². The first-order valence-electron chi connectivity index (χ1n) is 6.95. The van der Waals surface area contributed by atoms with Crippen molar-refractivity contribution in [1.29, 1.82) is 0 Å². The second kappa shape index (κ2) is 6.06. The zero-order valence-corrected chi connectivity index (χ0v) is 12.0. The molecular weight excluding hydrogens is 238 g/mol. The highest BCUT2D eigenvalue weighted by molar-refractivity contribution is 5.86. The Kier molecular flexibility index (Phi) is 4.43. The van der Waals surface area contributed by atoms with Crippen LogP contribution in [0.3, 0.4) is 0 Å². The Hall–Kier alpha value is -1.55. The summed E-state index contributed by atoms with van der Waals surface area (Å²) in [4.78, 5) is 14.1. The van der Waals surface area contributed by atoms with Crippen LogP contribution < -0.4 is 15.5 Å². The van der Waals surface area contributed by atoms with Gasteiger partial charge >= 0.3 is 0 Å². The minimum Gasteiger partial charge on any atom is -0.358 e. The molecule has 0 aromatic heterocycles. The summed E-state index contributed by atoms with van der Waals surface area (Å²) in [5.74, 6) is 0.144. The summed E-state index contributed by atoms with van der Waals surface area (Å²) in [5, 5.41) is 6.11. The fourth-order valence-electron chi connectivity index (χ4n) is 2.68. The number of nitrogens with zero attached hydrogens (tertiary/aromatic N) is 1. The first-order chi connectivity index (χ1) is 9.17. The van der Waals surface area contributed by atoms with E-state index in [-0.39, 0.29) is 11.9 Å². The fourth-order valence-corrected chi connectivity index (χ4v) is 2.68. The van der Waals surface area contributed by atoms with Gasteiger partial charge in [-0.2, -0.15) is 0 Å². The van der Waals surface area contributed by atoms with Gasteiger partial charge in [0, 0.05) is 25.3 Å². The average Bonchev–Trinajstić information content (AvgIpc) is 2.41. The van der Waals surface area contributed by atoms with E-state index in [1.54, 1.807) is 0 Å². The predicted octanol–water partition coefficient (Wildman–Crippen LogP) is 1.43. The van der Waals surface area contributed by atoms with E-state index < -0.39 is 0 Å². The number of carbonyl (C=O) groups is 1. The van der Waals surface area contributed by atoms with Gasteiger partial charge in [0.2, 0.25) is 5.91 Å². The van der Waals surface area contributed by atoms with E-state index in [1.165, 1.54) is 11.1 Å². The number of rotatable bonds is 4. The number of amides is 1. The predicted molar refractivity (Wildman–Crippen MR) is 78.4 cm³/mol. The van der Waals surface area contributed by atoms with Crippen LogP contribution in [0.5, 0.6) is 0 Å². The number of nitrogens with one attached hydrogen (secondary N) is 2. The molecule has 1 heterocycles. The van der Waals surface area contributed by atoms with Crippen LogP contribution in [0.15, 0.2) is 18.2 Å². The largest absolute Gasteiger partial charge is 0.358 e. The molecule has 2 N–H and O–H groups in total. The van der Waals surface area contributed by atoms with Crippen molar-refractivity contribution in [1.82, 2.24) is 10.6 Å². The lowest BCUT2D eigenvalue weighted by Gasteiger charge is -2.36. The molecule has 1 amide bonds. The van der Waals surface area contributed by atoms with Gasteiger partial charge in [0.05, 0.1) is 0 Å². The molecule has 4 nitrogen and oxygen atoms in total. The molecule has 1 aromatic rings. The molecule has 2 rings (SSSR count). The summed E-state index contributed by atoms with van der Waals surface area (Å²) in [5.41, 5.74) is 3.73. The first-order valence-corrected chi connectivity index (χ1v) is 6.95. The number of piperazine rings is 1. The molecular formula is C15H23N3O. The smallest absolute Gasteiger partial charge is 0.242 e. The van der Waals surface area contributed by atoms with Gasteiger partial charge in [0.25, 0.3) is 0 Å². The quantitative estimate of drug-likeness (QED) is 0.862. The first kappa shape index (κ1) is 13.9.